The highest BCUT2D eigenvalue weighted by Gasteiger charge is 2.45. The van der Waals surface area contributed by atoms with E-state index in [1.54, 1.807) is 27.8 Å². The number of aromatic nitrogens is 1. The summed E-state index contributed by atoms with van der Waals surface area (Å²) in [6.07, 6.45) is 2.91. The molecule has 148 valence electrons. The molecule has 2 aliphatic rings. The molecular weight excluding hydrogens is 394 g/mol. The van der Waals surface area contributed by atoms with Crippen molar-refractivity contribution in [3.05, 3.63) is 47.3 Å². The molecule has 2 fully saturated rings. The van der Waals surface area contributed by atoms with Crippen LogP contribution in [0.3, 0.4) is 0 Å². The van der Waals surface area contributed by atoms with Gasteiger partial charge in [0.1, 0.15) is 0 Å². The van der Waals surface area contributed by atoms with Crippen LogP contribution in [-0.2, 0) is 14.8 Å². The highest BCUT2D eigenvalue weighted by Crippen LogP contribution is 2.40. The van der Waals surface area contributed by atoms with E-state index in [9.17, 15) is 13.2 Å². The summed E-state index contributed by atoms with van der Waals surface area (Å²) < 4.78 is 27.7. The molecule has 0 bridgehead atoms. The number of fused-ring (bicyclic) bond motifs is 1. The number of nitrogens with zero attached hydrogens (tertiary/aromatic N) is 2. The summed E-state index contributed by atoms with van der Waals surface area (Å²) in [5.74, 6) is 0.425. The second kappa shape index (κ2) is 7.42. The fourth-order valence-corrected chi connectivity index (χ4v) is 6.45. The standard InChI is InChI=1S/C20H23N3O3S2/c1-3-20(24)22-17-8-15-10-23(11-16(15)9-17)28(25,26)18-6-4-14(5-7-18)19-12-27-13(2)21-19/h3-7,12,15-17H,1,8-11H2,2H3,(H,22,24). The number of rotatable bonds is 5. The third-order valence-corrected chi connectivity index (χ3v) is 8.28. The quantitative estimate of drug-likeness (QED) is 0.759. The number of hydrogen-bond acceptors (Lipinski definition) is 5. The molecule has 28 heavy (non-hydrogen) atoms. The third-order valence-electron chi connectivity index (χ3n) is 5.66. The van der Waals surface area contributed by atoms with Crippen LogP contribution in [0, 0.1) is 18.8 Å². The summed E-state index contributed by atoms with van der Waals surface area (Å²) in [4.78, 5) is 16.3. The first-order chi connectivity index (χ1) is 13.4. The number of thiazole rings is 1. The van der Waals surface area contributed by atoms with Crippen LogP contribution in [0.5, 0.6) is 0 Å². The molecule has 2 unspecified atom stereocenters. The highest BCUT2D eigenvalue weighted by molar-refractivity contribution is 7.89. The summed E-state index contributed by atoms with van der Waals surface area (Å²) in [6.45, 7) is 6.45. The smallest absolute Gasteiger partial charge is 0.243 e. The average Bonchev–Trinajstić information content (AvgIpc) is 3.36. The molecule has 0 radical (unpaired) electrons. The number of benzene rings is 1. The van der Waals surface area contributed by atoms with Gasteiger partial charge in [0.05, 0.1) is 15.6 Å². The lowest BCUT2D eigenvalue weighted by molar-refractivity contribution is -0.117. The Morgan fingerprint density at radius 1 is 1.25 bits per heavy atom. The van der Waals surface area contributed by atoms with Crippen molar-refractivity contribution in [3.63, 3.8) is 0 Å². The molecule has 1 aliphatic carbocycles. The van der Waals surface area contributed by atoms with Gasteiger partial charge < -0.3 is 5.32 Å². The Labute approximate surface area is 169 Å². The Hall–Kier alpha value is -2.03. The van der Waals surface area contributed by atoms with Crippen LogP contribution in [0.15, 0.2) is 47.2 Å². The fraction of sp³-hybridized carbons (Fsp3) is 0.400. The Bertz CT molecular complexity index is 984. The predicted octanol–water partition coefficient (Wildman–Crippen LogP) is 2.82. The number of aryl methyl sites for hydroxylation is 1. The number of hydrogen-bond donors (Lipinski definition) is 1. The molecule has 1 saturated carbocycles. The van der Waals surface area contributed by atoms with Gasteiger partial charge in [0.25, 0.3) is 0 Å². The summed E-state index contributed by atoms with van der Waals surface area (Å²) in [7, 11) is -3.51. The largest absolute Gasteiger partial charge is 0.350 e. The zero-order chi connectivity index (χ0) is 19.9. The minimum atomic E-state index is -3.51. The number of amides is 1. The van der Waals surface area contributed by atoms with Gasteiger partial charge in [-0.2, -0.15) is 4.31 Å². The lowest BCUT2D eigenvalue weighted by Gasteiger charge is -2.19. The minimum absolute atomic E-state index is 0.117. The summed E-state index contributed by atoms with van der Waals surface area (Å²) in [5, 5.41) is 5.89. The normalized spacial score (nSPS) is 24.8. The van der Waals surface area contributed by atoms with Crippen molar-refractivity contribution >= 4 is 27.3 Å². The molecule has 2 aromatic rings. The van der Waals surface area contributed by atoms with Crippen LogP contribution in [0.2, 0.25) is 0 Å². The van der Waals surface area contributed by atoms with E-state index in [1.165, 1.54) is 6.08 Å². The first kappa shape index (κ1) is 19.3. The van der Waals surface area contributed by atoms with Crippen LogP contribution in [0.1, 0.15) is 17.8 Å². The highest BCUT2D eigenvalue weighted by atomic mass is 32.2. The van der Waals surface area contributed by atoms with Gasteiger partial charge in [-0.05, 0) is 49.8 Å². The second-order valence-electron chi connectivity index (χ2n) is 7.50. The molecule has 1 saturated heterocycles. The van der Waals surface area contributed by atoms with Gasteiger partial charge in [0, 0.05) is 30.1 Å². The summed E-state index contributed by atoms with van der Waals surface area (Å²) in [5.41, 5.74) is 1.79. The fourth-order valence-electron chi connectivity index (χ4n) is 4.27. The molecular formula is C20H23N3O3S2. The monoisotopic (exact) mass is 417 g/mol. The molecule has 8 heteroatoms. The van der Waals surface area contributed by atoms with E-state index in [-0.39, 0.29) is 11.9 Å². The maximum Gasteiger partial charge on any atom is 0.243 e. The zero-order valence-corrected chi connectivity index (χ0v) is 17.3. The molecule has 1 aromatic heterocycles. The van der Waals surface area contributed by atoms with Crippen LogP contribution in [0.25, 0.3) is 11.3 Å². The van der Waals surface area contributed by atoms with E-state index in [0.717, 1.165) is 29.1 Å². The van der Waals surface area contributed by atoms with Gasteiger partial charge in [0.2, 0.25) is 15.9 Å². The SMILES string of the molecule is C=CC(=O)NC1CC2CN(S(=O)(=O)c3ccc(-c4csc(C)n4)cc3)CC2C1. The molecule has 1 N–H and O–H groups in total. The Morgan fingerprint density at radius 2 is 1.89 bits per heavy atom. The third kappa shape index (κ3) is 3.64. The van der Waals surface area contributed by atoms with E-state index in [4.69, 9.17) is 0 Å². The van der Waals surface area contributed by atoms with E-state index >= 15 is 0 Å². The van der Waals surface area contributed by atoms with Gasteiger partial charge in [-0.25, -0.2) is 13.4 Å². The number of sulfonamides is 1. The van der Waals surface area contributed by atoms with Crippen molar-refractivity contribution in [2.75, 3.05) is 13.1 Å². The van der Waals surface area contributed by atoms with E-state index in [2.05, 4.69) is 16.9 Å². The first-order valence-corrected chi connectivity index (χ1v) is 11.6. The lowest BCUT2D eigenvalue weighted by atomic mass is 10.0. The predicted molar refractivity (Wildman–Crippen MR) is 109 cm³/mol. The lowest BCUT2D eigenvalue weighted by Crippen LogP contribution is -2.35. The van der Waals surface area contributed by atoms with Gasteiger partial charge in [-0.3, -0.25) is 4.79 Å². The number of carbonyl (C=O) groups excluding carboxylic acids is 1. The second-order valence-corrected chi connectivity index (χ2v) is 10.5. The molecule has 1 aliphatic heterocycles. The minimum Gasteiger partial charge on any atom is -0.350 e. The molecule has 6 nitrogen and oxygen atoms in total. The Kier molecular flexibility index (Phi) is 5.11. The molecule has 1 amide bonds. The maximum absolute atomic E-state index is 13.1. The summed E-state index contributed by atoms with van der Waals surface area (Å²) >= 11 is 1.57. The van der Waals surface area contributed by atoms with Crippen LogP contribution in [-0.4, -0.2) is 42.7 Å². The number of nitrogens with one attached hydrogen (secondary N) is 1. The van der Waals surface area contributed by atoms with Crippen molar-refractivity contribution < 1.29 is 13.2 Å². The van der Waals surface area contributed by atoms with Crippen LogP contribution >= 0.6 is 11.3 Å². The van der Waals surface area contributed by atoms with Crippen LogP contribution in [0.4, 0.5) is 0 Å². The maximum atomic E-state index is 13.1. The average molecular weight is 418 g/mol. The molecule has 0 spiro atoms. The van der Waals surface area contributed by atoms with E-state index < -0.39 is 10.0 Å². The first-order valence-electron chi connectivity index (χ1n) is 9.32. The van der Waals surface area contributed by atoms with E-state index in [1.807, 2.05) is 24.4 Å². The van der Waals surface area contributed by atoms with Gasteiger partial charge >= 0.3 is 0 Å². The van der Waals surface area contributed by atoms with Gasteiger partial charge in [0.15, 0.2) is 0 Å². The topological polar surface area (TPSA) is 79.4 Å². The van der Waals surface area contributed by atoms with Gasteiger partial charge in [-0.1, -0.05) is 18.7 Å². The zero-order valence-electron chi connectivity index (χ0n) is 15.7. The van der Waals surface area contributed by atoms with Gasteiger partial charge in [-0.15, -0.1) is 11.3 Å². The Morgan fingerprint density at radius 3 is 2.43 bits per heavy atom. The molecule has 1 aromatic carbocycles. The molecule has 2 atom stereocenters. The number of carbonyl (C=O) groups is 1. The van der Waals surface area contributed by atoms with Crippen molar-refractivity contribution in [3.8, 4) is 11.3 Å². The Balaban J connectivity index is 1.44. The summed E-state index contributed by atoms with van der Waals surface area (Å²) in [6, 6.07) is 7.09. The van der Waals surface area contributed by atoms with Crippen molar-refractivity contribution in [1.29, 1.82) is 0 Å². The van der Waals surface area contributed by atoms with Crippen LogP contribution < -0.4 is 5.32 Å². The molecule has 2 heterocycles. The van der Waals surface area contributed by atoms with Crippen molar-refractivity contribution in [2.24, 2.45) is 11.8 Å². The van der Waals surface area contributed by atoms with Crippen molar-refractivity contribution in [1.82, 2.24) is 14.6 Å². The molecule has 4 rings (SSSR count). The van der Waals surface area contributed by atoms with E-state index in [0.29, 0.717) is 29.8 Å². The van der Waals surface area contributed by atoms with Crippen molar-refractivity contribution in [2.45, 2.75) is 30.7 Å².